The Morgan fingerprint density at radius 2 is 1.36 bits per heavy atom. The molecule has 0 aromatic carbocycles. The normalized spacial score (nSPS) is 12.9. The molecule has 14 heavy (non-hydrogen) atoms. The van der Waals surface area contributed by atoms with Crippen molar-refractivity contribution in [3.8, 4) is 0 Å². The van der Waals surface area contributed by atoms with Crippen molar-refractivity contribution in [2.75, 3.05) is 0 Å². The molecule has 9 heteroatoms. The lowest BCUT2D eigenvalue weighted by atomic mass is 10.7. The highest BCUT2D eigenvalue weighted by molar-refractivity contribution is 4.83. The van der Waals surface area contributed by atoms with Crippen LogP contribution in [-0.2, 0) is 9.47 Å². The van der Waals surface area contributed by atoms with Gasteiger partial charge in [-0.05, 0) is 0 Å². The summed E-state index contributed by atoms with van der Waals surface area (Å²) in [4.78, 5) is 0. The summed E-state index contributed by atoms with van der Waals surface area (Å²) in [6, 6.07) is 0. The first-order valence-corrected chi connectivity index (χ1v) is 2.93. The molecule has 0 bridgehead atoms. The molecule has 0 radical (unpaired) electrons. The minimum Gasteiger partial charge on any atom is -0.420 e. The summed E-state index contributed by atoms with van der Waals surface area (Å²) in [7, 11) is 0. The average Bonchev–Trinajstić information content (AvgIpc) is 2.01. The predicted octanol–water partition coefficient (Wildman–Crippen LogP) is 2.87. The maximum absolute atomic E-state index is 11.9. The lowest BCUT2D eigenvalue weighted by molar-refractivity contribution is -0.195. The van der Waals surface area contributed by atoms with E-state index >= 15 is 0 Å². The quantitative estimate of drug-likeness (QED) is 0.532. The molecule has 0 amide bonds. The Kier molecular flexibility index (Phi) is 5.10. The predicted molar refractivity (Wildman–Crippen MR) is 28.3 cm³/mol. The minimum atomic E-state index is -3.74. The van der Waals surface area contributed by atoms with Crippen LogP contribution < -0.4 is 0 Å². The lowest BCUT2D eigenvalue weighted by Gasteiger charge is -2.12. The van der Waals surface area contributed by atoms with E-state index in [0.717, 1.165) is 0 Å². The first kappa shape index (κ1) is 12.8. The first-order chi connectivity index (χ1) is 6.34. The van der Waals surface area contributed by atoms with Crippen molar-refractivity contribution in [3.05, 3.63) is 12.0 Å². The molecule has 0 rings (SSSR count). The van der Waals surface area contributed by atoms with E-state index in [2.05, 4.69) is 9.47 Å². The monoisotopic (exact) mass is 228 g/mol. The zero-order valence-corrected chi connectivity index (χ0v) is 6.19. The largest absolute Gasteiger partial charge is 0.420 e. The van der Waals surface area contributed by atoms with Gasteiger partial charge < -0.3 is 9.47 Å². The van der Waals surface area contributed by atoms with Gasteiger partial charge in [-0.25, -0.2) is 8.78 Å². The van der Waals surface area contributed by atoms with Gasteiger partial charge in [0.05, 0.1) is 0 Å². The van der Waals surface area contributed by atoms with E-state index in [4.69, 9.17) is 0 Å². The summed E-state index contributed by atoms with van der Waals surface area (Å²) in [5.41, 5.74) is 0. The van der Waals surface area contributed by atoms with Crippen LogP contribution in [0.2, 0.25) is 0 Å². The van der Waals surface area contributed by atoms with Crippen LogP contribution in [0.1, 0.15) is 0 Å². The SMILES string of the molecule is FC(F)=C(OC(F)F)OC(F)C(F)F. The van der Waals surface area contributed by atoms with Crippen molar-refractivity contribution in [1.82, 2.24) is 0 Å². The smallest absolute Gasteiger partial charge is 0.389 e. The first-order valence-electron chi connectivity index (χ1n) is 2.93. The summed E-state index contributed by atoms with van der Waals surface area (Å²) < 4.78 is 86.5. The summed E-state index contributed by atoms with van der Waals surface area (Å²) in [5.74, 6) is -2.26. The second-order valence-electron chi connectivity index (χ2n) is 1.73. The van der Waals surface area contributed by atoms with E-state index in [-0.39, 0.29) is 0 Å². The highest BCUT2D eigenvalue weighted by atomic mass is 19.3. The average molecular weight is 228 g/mol. The second-order valence-corrected chi connectivity index (χ2v) is 1.73. The van der Waals surface area contributed by atoms with Crippen LogP contribution in [0.4, 0.5) is 30.7 Å². The number of ether oxygens (including phenoxy) is 2. The van der Waals surface area contributed by atoms with Gasteiger partial charge in [-0.3, -0.25) is 0 Å². The van der Waals surface area contributed by atoms with Crippen molar-refractivity contribution in [2.45, 2.75) is 19.4 Å². The van der Waals surface area contributed by atoms with Crippen LogP contribution in [-0.4, -0.2) is 19.4 Å². The topological polar surface area (TPSA) is 18.5 Å². The number of rotatable bonds is 5. The summed E-state index contributed by atoms with van der Waals surface area (Å²) in [6.45, 7) is -3.73. The van der Waals surface area contributed by atoms with Gasteiger partial charge in [0, 0.05) is 0 Å². The van der Waals surface area contributed by atoms with Gasteiger partial charge in [0.15, 0.2) is 0 Å². The fourth-order valence-corrected chi connectivity index (χ4v) is 0.351. The molecule has 0 saturated heterocycles. The van der Waals surface area contributed by atoms with Crippen LogP contribution in [0.25, 0.3) is 0 Å². The Morgan fingerprint density at radius 1 is 0.857 bits per heavy atom. The highest BCUT2D eigenvalue weighted by Crippen LogP contribution is 2.19. The molecular weight excluding hydrogens is 225 g/mol. The van der Waals surface area contributed by atoms with Crippen LogP contribution >= 0.6 is 0 Å². The number of halogens is 7. The van der Waals surface area contributed by atoms with Crippen molar-refractivity contribution >= 4 is 0 Å². The second kappa shape index (κ2) is 5.55. The molecule has 0 heterocycles. The molecule has 0 saturated carbocycles. The van der Waals surface area contributed by atoms with Crippen LogP contribution in [0.3, 0.4) is 0 Å². The van der Waals surface area contributed by atoms with Crippen LogP contribution in [0.15, 0.2) is 12.0 Å². The minimum absolute atomic E-state index is 2.26. The Hall–Kier alpha value is -1.15. The lowest BCUT2D eigenvalue weighted by Crippen LogP contribution is -2.18. The van der Waals surface area contributed by atoms with Gasteiger partial charge in [0.25, 0.3) is 0 Å². The van der Waals surface area contributed by atoms with E-state index in [1.807, 2.05) is 0 Å². The molecule has 1 unspecified atom stereocenters. The standard InChI is InChI=1S/C5H3F7O2/c6-1(7)3(10)13-4(2(8)9)14-5(11)12/h1,3,5H. The zero-order valence-electron chi connectivity index (χ0n) is 6.19. The third kappa shape index (κ3) is 4.77. The Morgan fingerprint density at radius 3 is 1.64 bits per heavy atom. The van der Waals surface area contributed by atoms with Gasteiger partial charge >= 0.3 is 31.4 Å². The van der Waals surface area contributed by atoms with E-state index < -0.39 is 31.4 Å². The van der Waals surface area contributed by atoms with Crippen molar-refractivity contribution in [1.29, 1.82) is 0 Å². The number of hydrogen-bond donors (Lipinski definition) is 0. The van der Waals surface area contributed by atoms with Crippen LogP contribution in [0.5, 0.6) is 0 Å². The molecule has 0 fully saturated rings. The van der Waals surface area contributed by atoms with E-state index in [9.17, 15) is 30.7 Å². The van der Waals surface area contributed by atoms with Gasteiger partial charge in [-0.15, -0.1) is 0 Å². The Bertz CT molecular complexity index is 200. The van der Waals surface area contributed by atoms with Crippen LogP contribution in [0, 0.1) is 0 Å². The molecule has 0 spiro atoms. The molecule has 0 N–H and O–H groups in total. The van der Waals surface area contributed by atoms with E-state index in [1.165, 1.54) is 0 Å². The Balaban J connectivity index is 4.33. The maximum Gasteiger partial charge on any atom is 0.389 e. The molecular formula is C5H3F7O2. The third-order valence-electron chi connectivity index (χ3n) is 0.768. The zero-order chi connectivity index (χ0) is 11.3. The number of alkyl halides is 5. The summed E-state index contributed by atoms with van der Waals surface area (Å²) >= 11 is 0. The number of hydrogen-bond acceptors (Lipinski definition) is 2. The Labute approximate surface area is 72.9 Å². The third-order valence-corrected chi connectivity index (χ3v) is 0.768. The maximum atomic E-state index is 11.9. The van der Waals surface area contributed by atoms with Crippen molar-refractivity contribution in [3.63, 3.8) is 0 Å². The molecule has 2 nitrogen and oxygen atoms in total. The molecule has 0 aliphatic rings. The van der Waals surface area contributed by atoms with E-state index in [1.54, 1.807) is 0 Å². The van der Waals surface area contributed by atoms with Gasteiger partial charge in [-0.1, -0.05) is 0 Å². The van der Waals surface area contributed by atoms with Gasteiger partial charge in [-0.2, -0.15) is 22.0 Å². The van der Waals surface area contributed by atoms with Gasteiger partial charge in [0.1, 0.15) is 0 Å². The molecule has 0 aliphatic heterocycles. The molecule has 0 aromatic rings. The van der Waals surface area contributed by atoms with E-state index in [0.29, 0.717) is 0 Å². The molecule has 0 aromatic heterocycles. The fourth-order valence-electron chi connectivity index (χ4n) is 0.351. The summed E-state index contributed by atoms with van der Waals surface area (Å²) in [5, 5.41) is 0. The molecule has 84 valence electrons. The molecule has 1 atom stereocenters. The fraction of sp³-hybridized carbons (Fsp3) is 0.600. The van der Waals surface area contributed by atoms with Crippen molar-refractivity contribution in [2.24, 2.45) is 0 Å². The highest BCUT2D eigenvalue weighted by Gasteiger charge is 2.26. The van der Waals surface area contributed by atoms with Crippen molar-refractivity contribution < 1.29 is 40.2 Å². The summed E-state index contributed by atoms with van der Waals surface area (Å²) in [6.07, 6.45) is -10.2. The van der Waals surface area contributed by atoms with Gasteiger partial charge in [0.2, 0.25) is 0 Å². The molecule has 0 aliphatic carbocycles.